The summed E-state index contributed by atoms with van der Waals surface area (Å²) in [5, 5.41) is 1.81. The maximum absolute atomic E-state index is 13.2. The van der Waals surface area contributed by atoms with E-state index in [1.54, 1.807) is 5.38 Å². The van der Waals surface area contributed by atoms with E-state index in [9.17, 15) is 8.78 Å². The average Bonchev–Trinajstić information content (AvgIpc) is 2.51. The lowest BCUT2D eigenvalue weighted by Gasteiger charge is -1.99. The van der Waals surface area contributed by atoms with Gasteiger partial charge in [-0.15, -0.1) is 11.3 Å². The number of halogens is 2. The number of hydrogen-bond donors (Lipinski definition) is 1. The zero-order valence-corrected chi connectivity index (χ0v) is 7.81. The van der Waals surface area contributed by atoms with Crippen molar-refractivity contribution in [2.24, 2.45) is 0 Å². The minimum Gasteiger partial charge on any atom is -0.383 e. The first-order valence-corrected chi connectivity index (χ1v) is 4.72. The van der Waals surface area contributed by atoms with Gasteiger partial charge in [0, 0.05) is 5.38 Å². The lowest BCUT2D eigenvalue weighted by molar-refractivity contribution is 0.589. The molecule has 0 bridgehead atoms. The van der Waals surface area contributed by atoms with Crippen LogP contribution in [0, 0.1) is 11.6 Å². The summed E-state index contributed by atoms with van der Waals surface area (Å²) in [5.74, 6) is -0.980. The fourth-order valence-electron chi connectivity index (χ4n) is 1.10. The minimum absolute atomic E-state index is 0.116. The van der Waals surface area contributed by atoms with E-state index in [0.29, 0.717) is 0 Å². The van der Waals surface area contributed by atoms with Crippen LogP contribution in [0.4, 0.5) is 14.6 Å². The Morgan fingerprint density at radius 1 is 1.21 bits per heavy atom. The number of aromatic nitrogens is 1. The van der Waals surface area contributed by atoms with Gasteiger partial charge in [-0.2, -0.15) is 0 Å². The van der Waals surface area contributed by atoms with E-state index < -0.39 is 11.6 Å². The SMILES string of the molecule is Nc1csc(-c2c(F)cccc2F)n1. The molecule has 0 spiro atoms. The number of hydrogen-bond acceptors (Lipinski definition) is 3. The van der Waals surface area contributed by atoms with Gasteiger partial charge in [-0.05, 0) is 12.1 Å². The van der Waals surface area contributed by atoms with Crippen molar-refractivity contribution in [2.45, 2.75) is 0 Å². The van der Waals surface area contributed by atoms with Gasteiger partial charge in [0.1, 0.15) is 22.5 Å². The molecule has 2 aromatic rings. The predicted octanol–water partition coefficient (Wildman–Crippen LogP) is 2.67. The third-order valence-electron chi connectivity index (χ3n) is 1.70. The maximum Gasteiger partial charge on any atom is 0.136 e. The van der Waals surface area contributed by atoms with E-state index in [4.69, 9.17) is 5.73 Å². The van der Waals surface area contributed by atoms with E-state index in [1.165, 1.54) is 18.2 Å². The molecule has 1 heterocycles. The van der Waals surface area contributed by atoms with Gasteiger partial charge >= 0.3 is 0 Å². The molecule has 0 saturated heterocycles. The minimum atomic E-state index is -0.626. The van der Waals surface area contributed by atoms with Crippen molar-refractivity contribution in [1.29, 1.82) is 0 Å². The van der Waals surface area contributed by atoms with Gasteiger partial charge in [-0.25, -0.2) is 13.8 Å². The smallest absolute Gasteiger partial charge is 0.136 e. The van der Waals surface area contributed by atoms with Gasteiger partial charge in [0.2, 0.25) is 0 Å². The molecule has 1 aromatic carbocycles. The molecule has 72 valence electrons. The van der Waals surface area contributed by atoms with Crippen molar-refractivity contribution >= 4 is 17.2 Å². The molecule has 1 aromatic heterocycles. The summed E-state index contributed by atoms with van der Waals surface area (Å²) in [6.45, 7) is 0. The van der Waals surface area contributed by atoms with Crippen LogP contribution >= 0.6 is 11.3 Å². The van der Waals surface area contributed by atoms with Crippen molar-refractivity contribution in [1.82, 2.24) is 4.98 Å². The molecule has 0 aliphatic carbocycles. The molecule has 0 aliphatic rings. The largest absolute Gasteiger partial charge is 0.383 e. The zero-order chi connectivity index (χ0) is 10.1. The Morgan fingerprint density at radius 3 is 2.36 bits per heavy atom. The van der Waals surface area contributed by atoms with Gasteiger partial charge < -0.3 is 5.73 Å². The molecule has 5 heteroatoms. The molecule has 0 fully saturated rings. The fraction of sp³-hybridized carbons (Fsp3) is 0. The van der Waals surface area contributed by atoms with Gasteiger partial charge in [0.25, 0.3) is 0 Å². The van der Waals surface area contributed by atoms with E-state index in [-0.39, 0.29) is 16.4 Å². The second-order valence-electron chi connectivity index (χ2n) is 2.67. The van der Waals surface area contributed by atoms with Crippen LogP contribution in [0.15, 0.2) is 23.6 Å². The highest BCUT2D eigenvalue weighted by atomic mass is 32.1. The van der Waals surface area contributed by atoms with Crippen LogP contribution < -0.4 is 5.73 Å². The third kappa shape index (κ3) is 1.46. The Bertz CT molecular complexity index is 447. The fourth-order valence-corrected chi connectivity index (χ4v) is 1.86. The summed E-state index contributed by atoms with van der Waals surface area (Å²) < 4.78 is 26.5. The summed E-state index contributed by atoms with van der Waals surface area (Å²) >= 11 is 1.11. The zero-order valence-electron chi connectivity index (χ0n) is 7.00. The molecule has 14 heavy (non-hydrogen) atoms. The second kappa shape index (κ2) is 3.34. The molecule has 0 aliphatic heterocycles. The standard InChI is InChI=1S/C9H6F2N2S/c10-5-2-1-3-6(11)8(5)9-13-7(12)4-14-9/h1-4H,12H2. The number of thiazole rings is 1. The highest BCUT2D eigenvalue weighted by Gasteiger charge is 2.13. The van der Waals surface area contributed by atoms with E-state index in [1.807, 2.05) is 0 Å². The Kier molecular flexibility index (Phi) is 2.17. The summed E-state index contributed by atoms with van der Waals surface area (Å²) in [4.78, 5) is 3.82. The van der Waals surface area contributed by atoms with Gasteiger partial charge in [0.05, 0.1) is 5.56 Å². The van der Waals surface area contributed by atoms with Crippen molar-refractivity contribution in [3.8, 4) is 10.6 Å². The molecular weight excluding hydrogens is 206 g/mol. The summed E-state index contributed by atoms with van der Waals surface area (Å²) in [6, 6.07) is 3.69. The van der Waals surface area contributed by atoms with E-state index >= 15 is 0 Å². The molecule has 2 rings (SSSR count). The van der Waals surface area contributed by atoms with Crippen molar-refractivity contribution in [3.05, 3.63) is 35.2 Å². The van der Waals surface area contributed by atoms with E-state index in [2.05, 4.69) is 4.98 Å². The summed E-state index contributed by atoms with van der Waals surface area (Å²) in [7, 11) is 0. The van der Waals surface area contributed by atoms with Crippen LogP contribution in [0.1, 0.15) is 0 Å². The molecule has 0 radical (unpaired) electrons. The molecular formula is C9H6F2N2S. The highest BCUT2D eigenvalue weighted by molar-refractivity contribution is 7.13. The third-order valence-corrected chi connectivity index (χ3v) is 2.58. The van der Waals surface area contributed by atoms with Gasteiger partial charge in [-0.1, -0.05) is 6.07 Å². The first kappa shape index (κ1) is 9.08. The first-order chi connectivity index (χ1) is 6.68. The molecule has 2 nitrogen and oxygen atoms in total. The number of nitrogen functional groups attached to an aromatic ring is 1. The number of anilines is 1. The van der Waals surface area contributed by atoms with Crippen molar-refractivity contribution in [2.75, 3.05) is 5.73 Å². The molecule has 0 unspecified atom stereocenters. The van der Waals surface area contributed by atoms with Gasteiger partial charge in [0.15, 0.2) is 0 Å². The lowest BCUT2D eigenvalue weighted by Crippen LogP contribution is -1.90. The second-order valence-corrected chi connectivity index (χ2v) is 3.53. The Labute approximate surface area is 83.0 Å². The first-order valence-electron chi connectivity index (χ1n) is 3.84. The highest BCUT2D eigenvalue weighted by Crippen LogP contribution is 2.29. The topological polar surface area (TPSA) is 38.9 Å². The average molecular weight is 212 g/mol. The van der Waals surface area contributed by atoms with Crippen LogP contribution in [0.3, 0.4) is 0 Å². The monoisotopic (exact) mass is 212 g/mol. The summed E-state index contributed by atoms with van der Waals surface area (Å²) in [6.07, 6.45) is 0. The Morgan fingerprint density at radius 2 is 1.86 bits per heavy atom. The van der Waals surface area contributed by atoms with Crippen LogP contribution in [-0.4, -0.2) is 4.98 Å². The van der Waals surface area contributed by atoms with Crippen LogP contribution in [0.5, 0.6) is 0 Å². The number of rotatable bonds is 1. The maximum atomic E-state index is 13.2. The van der Waals surface area contributed by atoms with Gasteiger partial charge in [-0.3, -0.25) is 0 Å². The Balaban J connectivity index is 2.61. The quantitative estimate of drug-likeness (QED) is 0.789. The predicted molar refractivity (Wildman–Crippen MR) is 51.9 cm³/mol. The number of nitrogens with two attached hydrogens (primary N) is 1. The van der Waals surface area contributed by atoms with Crippen LogP contribution in [0.2, 0.25) is 0 Å². The van der Waals surface area contributed by atoms with Crippen LogP contribution in [0.25, 0.3) is 10.6 Å². The normalized spacial score (nSPS) is 10.4. The lowest BCUT2D eigenvalue weighted by atomic mass is 10.2. The van der Waals surface area contributed by atoms with Crippen molar-refractivity contribution < 1.29 is 8.78 Å². The number of benzene rings is 1. The molecule has 0 atom stereocenters. The molecule has 0 amide bonds. The van der Waals surface area contributed by atoms with Crippen molar-refractivity contribution in [3.63, 3.8) is 0 Å². The van der Waals surface area contributed by atoms with Crippen LogP contribution in [-0.2, 0) is 0 Å². The molecule has 0 saturated carbocycles. The van der Waals surface area contributed by atoms with E-state index in [0.717, 1.165) is 11.3 Å². The Hall–Kier alpha value is -1.49. The summed E-state index contributed by atoms with van der Waals surface area (Å²) in [5.41, 5.74) is 5.25. The number of nitrogens with zero attached hydrogens (tertiary/aromatic N) is 1. The molecule has 2 N–H and O–H groups in total.